The van der Waals surface area contributed by atoms with Crippen LogP contribution in [0, 0.1) is 0 Å². The Labute approximate surface area is 120 Å². The maximum absolute atomic E-state index is 10.2. The highest BCUT2D eigenvalue weighted by Gasteiger charge is 2.14. The van der Waals surface area contributed by atoms with E-state index < -0.39 is 6.10 Å². The Bertz CT molecular complexity index is 384. The van der Waals surface area contributed by atoms with Crippen molar-refractivity contribution < 1.29 is 19.3 Å². The summed E-state index contributed by atoms with van der Waals surface area (Å²) in [4.78, 5) is 0. The second kappa shape index (κ2) is 9.58. The Hall–Kier alpha value is -1.30. The highest BCUT2D eigenvalue weighted by atomic mass is 16.5. The van der Waals surface area contributed by atoms with Crippen molar-refractivity contribution in [3.05, 3.63) is 23.8 Å². The van der Waals surface area contributed by atoms with Gasteiger partial charge in [-0.2, -0.15) is 0 Å². The van der Waals surface area contributed by atoms with E-state index in [2.05, 4.69) is 5.32 Å². The van der Waals surface area contributed by atoms with Gasteiger partial charge in [-0.05, 0) is 37.6 Å². The lowest BCUT2D eigenvalue weighted by Crippen LogP contribution is -2.23. The largest absolute Gasteiger partial charge is 0.497 e. The van der Waals surface area contributed by atoms with Crippen LogP contribution in [0.2, 0.25) is 0 Å². The molecule has 0 aliphatic carbocycles. The number of ether oxygens (including phenoxy) is 3. The van der Waals surface area contributed by atoms with E-state index in [1.165, 1.54) is 0 Å². The van der Waals surface area contributed by atoms with E-state index in [-0.39, 0.29) is 0 Å². The number of hydrogen-bond acceptors (Lipinski definition) is 5. The van der Waals surface area contributed by atoms with E-state index in [0.717, 1.165) is 31.6 Å². The van der Waals surface area contributed by atoms with E-state index in [4.69, 9.17) is 14.2 Å². The SMILES string of the molecule is COCCCCNCC(O)c1cc(OC)ccc1OC. The van der Waals surface area contributed by atoms with Crippen LogP contribution in [-0.2, 0) is 4.74 Å². The van der Waals surface area contributed by atoms with Crippen LogP contribution in [0.5, 0.6) is 11.5 Å². The van der Waals surface area contributed by atoms with Crippen LogP contribution in [-0.4, -0.2) is 46.1 Å². The van der Waals surface area contributed by atoms with Crippen molar-refractivity contribution in [2.45, 2.75) is 18.9 Å². The van der Waals surface area contributed by atoms with Crippen molar-refractivity contribution in [1.82, 2.24) is 5.32 Å². The molecule has 0 radical (unpaired) electrons. The second-order valence-corrected chi connectivity index (χ2v) is 4.53. The summed E-state index contributed by atoms with van der Waals surface area (Å²) in [5.41, 5.74) is 0.733. The number of aliphatic hydroxyl groups excluding tert-OH is 1. The van der Waals surface area contributed by atoms with Gasteiger partial charge in [0.05, 0.1) is 20.3 Å². The van der Waals surface area contributed by atoms with Gasteiger partial charge in [-0.25, -0.2) is 0 Å². The number of benzene rings is 1. The van der Waals surface area contributed by atoms with Crippen molar-refractivity contribution in [3.8, 4) is 11.5 Å². The molecule has 0 aliphatic heterocycles. The Balaban J connectivity index is 2.47. The molecule has 1 atom stereocenters. The number of hydrogen-bond donors (Lipinski definition) is 2. The molecular weight excluding hydrogens is 258 g/mol. The van der Waals surface area contributed by atoms with E-state index in [9.17, 15) is 5.11 Å². The van der Waals surface area contributed by atoms with Crippen LogP contribution in [0.1, 0.15) is 24.5 Å². The third kappa shape index (κ3) is 5.36. The summed E-state index contributed by atoms with van der Waals surface area (Å²) in [6.45, 7) is 2.11. The van der Waals surface area contributed by atoms with Gasteiger partial charge in [0, 0.05) is 25.8 Å². The Morgan fingerprint density at radius 1 is 1.15 bits per heavy atom. The molecule has 114 valence electrons. The molecule has 2 N–H and O–H groups in total. The molecule has 1 aromatic rings. The molecule has 0 bridgehead atoms. The number of nitrogens with one attached hydrogen (secondary N) is 1. The average molecular weight is 283 g/mol. The molecule has 0 heterocycles. The molecule has 0 spiro atoms. The zero-order valence-electron chi connectivity index (χ0n) is 12.5. The summed E-state index contributed by atoms with van der Waals surface area (Å²) in [5.74, 6) is 1.37. The van der Waals surface area contributed by atoms with Gasteiger partial charge < -0.3 is 24.6 Å². The molecule has 1 aromatic carbocycles. The Kier molecular flexibility index (Phi) is 8.02. The maximum atomic E-state index is 10.2. The summed E-state index contributed by atoms with van der Waals surface area (Å²) in [7, 11) is 4.90. The minimum atomic E-state index is -0.623. The van der Waals surface area contributed by atoms with Crippen LogP contribution in [0.4, 0.5) is 0 Å². The molecule has 5 heteroatoms. The number of methoxy groups -OCH3 is 3. The molecule has 0 aromatic heterocycles. The number of rotatable bonds is 10. The van der Waals surface area contributed by atoms with E-state index >= 15 is 0 Å². The third-order valence-electron chi connectivity index (χ3n) is 3.09. The summed E-state index contributed by atoms with van der Waals surface area (Å²) < 4.78 is 15.4. The minimum Gasteiger partial charge on any atom is -0.497 e. The van der Waals surface area contributed by atoms with Crippen LogP contribution < -0.4 is 14.8 Å². The van der Waals surface area contributed by atoms with Crippen molar-refractivity contribution in [3.63, 3.8) is 0 Å². The average Bonchev–Trinajstić information content (AvgIpc) is 2.49. The fraction of sp³-hybridized carbons (Fsp3) is 0.600. The summed E-state index contributed by atoms with van der Waals surface area (Å²) in [5, 5.41) is 13.5. The van der Waals surface area contributed by atoms with Gasteiger partial charge in [-0.1, -0.05) is 0 Å². The topological polar surface area (TPSA) is 60.0 Å². The Morgan fingerprint density at radius 3 is 2.60 bits per heavy atom. The summed E-state index contributed by atoms with van der Waals surface area (Å²) in [6, 6.07) is 5.42. The molecule has 0 saturated heterocycles. The fourth-order valence-corrected chi connectivity index (χ4v) is 1.94. The molecule has 0 aliphatic rings. The van der Waals surface area contributed by atoms with Crippen LogP contribution in [0.15, 0.2) is 18.2 Å². The normalized spacial score (nSPS) is 12.2. The van der Waals surface area contributed by atoms with Gasteiger partial charge in [-0.3, -0.25) is 0 Å². The molecule has 0 saturated carbocycles. The zero-order valence-corrected chi connectivity index (χ0v) is 12.5. The second-order valence-electron chi connectivity index (χ2n) is 4.53. The van der Waals surface area contributed by atoms with Gasteiger partial charge in [-0.15, -0.1) is 0 Å². The molecular formula is C15H25NO4. The first-order valence-electron chi connectivity index (χ1n) is 6.82. The first-order valence-corrected chi connectivity index (χ1v) is 6.82. The molecule has 0 amide bonds. The highest BCUT2D eigenvalue weighted by molar-refractivity contribution is 5.41. The van der Waals surface area contributed by atoms with Crippen LogP contribution in [0.3, 0.4) is 0 Å². The van der Waals surface area contributed by atoms with Crippen LogP contribution in [0.25, 0.3) is 0 Å². The highest BCUT2D eigenvalue weighted by Crippen LogP contribution is 2.28. The number of unbranched alkanes of at least 4 members (excludes halogenated alkanes) is 1. The lowest BCUT2D eigenvalue weighted by Gasteiger charge is -2.16. The van der Waals surface area contributed by atoms with Crippen molar-refractivity contribution in [2.75, 3.05) is 41.0 Å². The van der Waals surface area contributed by atoms with Gasteiger partial charge in [0.2, 0.25) is 0 Å². The number of aliphatic hydroxyl groups is 1. The molecule has 20 heavy (non-hydrogen) atoms. The fourth-order valence-electron chi connectivity index (χ4n) is 1.94. The van der Waals surface area contributed by atoms with Gasteiger partial charge in [0.25, 0.3) is 0 Å². The lowest BCUT2D eigenvalue weighted by atomic mass is 10.1. The first-order chi connectivity index (χ1) is 9.72. The van der Waals surface area contributed by atoms with Crippen molar-refractivity contribution in [1.29, 1.82) is 0 Å². The monoisotopic (exact) mass is 283 g/mol. The van der Waals surface area contributed by atoms with E-state index in [1.54, 1.807) is 33.5 Å². The first kappa shape index (κ1) is 16.8. The molecule has 5 nitrogen and oxygen atoms in total. The lowest BCUT2D eigenvalue weighted by molar-refractivity contribution is 0.168. The maximum Gasteiger partial charge on any atom is 0.124 e. The molecule has 0 fully saturated rings. The quantitative estimate of drug-likeness (QED) is 0.641. The van der Waals surface area contributed by atoms with Gasteiger partial charge in [0.15, 0.2) is 0 Å². The minimum absolute atomic E-state index is 0.483. The van der Waals surface area contributed by atoms with E-state index in [0.29, 0.717) is 18.0 Å². The van der Waals surface area contributed by atoms with Gasteiger partial charge >= 0.3 is 0 Å². The molecule has 1 rings (SSSR count). The standard InChI is InChI=1S/C15H25NO4/c1-18-9-5-4-8-16-11-14(17)13-10-12(19-2)6-7-15(13)20-3/h6-7,10,14,16-17H,4-5,8-9,11H2,1-3H3. The Morgan fingerprint density at radius 2 is 1.95 bits per heavy atom. The zero-order chi connectivity index (χ0) is 14.8. The summed E-state index contributed by atoms with van der Waals surface area (Å²) in [6.07, 6.45) is 1.42. The van der Waals surface area contributed by atoms with Gasteiger partial charge in [0.1, 0.15) is 11.5 Å². The predicted molar refractivity (Wildman–Crippen MR) is 78.5 cm³/mol. The van der Waals surface area contributed by atoms with Crippen LogP contribution >= 0.6 is 0 Å². The predicted octanol–water partition coefficient (Wildman–Crippen LogP) is 1.75. The van der Waals surface area contributed by atoms with Crippen molar-refractivity contribution >= 4 is 0 Å². The van der Waals surface area contributed by atoms with E-state index in [1.807, 2.05) is 6.07 Å². The third-order valence-corrected chi connectivity index (χ3v) is 3.09. The van der Waals surface area contributed by atoms with Crippen molar-refractivity contribution in [2.24, 2.45) is 0 Å². The molecule has 1 unspecified atom stereocenters. The smallest absolute Gasteiger partial charge is 0.124 e. The summed E-state index contributed by atoms with van der Waals surface area (Å²) >= 11 is 0.